The molecule has 1 aromatic heterocycles. The highest BCUT2D eigenvalue weighted by molar-refractivity contribution is 5.81. The normalized spacial score (nSPS) is 17.4. The van der Waals surface area contributed by atoms with Crippen molar-refractivity contribution in [2.24, 2.45) is 0 Å². The fourth-order valence-electron chi connectivity index (χ4n) is 3.16. The summed E-state index contributed by atoms with van der Waals surface area (Å²) < 4.78 is 6.26. The fraction of sp³-hybridized carbons (Fsp3) is 0.667. The predicted molar refractivity (Wildman–Crippen MR) is 76.0 cm³/mol. The molecule has 0 atom stereocenters. The van der Waals surface area contributed by atoms with E-state index >= 15 is 0 Å². The molecule has 0 aromatic carbocycles. The topological polar surface area (TPSA) is 81.4 Å². The number of rotatable bonds is 5. The molecule has 0 amide bonds. The van der Waals surface area contributed by atoms with Crippen LogP contribution < -0.4 is 0 Å². The molecule has 0 spiro atoms. The summed E-state index contributed by atoms with van der Waals surface area (Å²) in [7, 11) is 1.35. The van der Waals surface area contributed by atoms with Crippen LogP contribution in [0.4, 0.5) is 0 Å². The van der Waals surface area contributed by atoms with Crippen molar-refractivity contribution in [3.05, 3.63) is 17.5 Å². The third-order valence-electron chi connectivity index (χ3n) is 4.35. The van der Waals surface area contributed by atoms with E-state index in [9.17, 15) is 14.7 Å². The van der Waals surface area contributed by atoms with Gasteiger partial charge in [0.05, 0.1) is 31.2 Å². The minimum Gasteiger partial charge on any atom is -0.481 e. The van der Waals surface area contributed by atoms with Crippen LogP contribution in [0.1, 0.15) is 49.8 Å². The van der Waals surface area contributed by atoms with E-state index in [1.807, 2.05) is 6.92 Å². The van der Waals surface area contributed by atoms with Gasteiger partial charge in [0.1, 0.15) is 0 Å². The van der Waals surface area contributed by atoms with Gasteiger partial charge in [0.2, 0.25) is 0 Å². The first-order valence-corrected chi connectivity index (χ1v) is 7.34. The smallest absolute Gasteiger partial charge is 0.314 e. The number of carbonyl (C=O) groups excluding carboxylic acids is 1. The number of aromatic nitrogens is 2. The van der Waals surface area contributed by atoms with Crippen molar-refractivity contribution >= 4 is 11.9 Å². The number of aliphatic carboxylic acids is 1. The Labute approximate surface area is 124 Å². The van der Waals surface area contributed by atoms with E-state index in [2.05, 4.69) is 9.84 Å². The molecule has 0 saturated heterocycles. The Kier molecular flexibility index (Phi) is 4.65. The first-order valence-electron chi connectivity index (χ1n) is 7.34. The zero-order chi connectivity index (χ0) is 15.5. The van der Waals surface area contributed by atoms with Gasteiger partial charge >= 0.3 is 11.9 Å². The van der Waals surface area contributed by atoms with Crippen LogP contribution in [0, 0.1) is 6.92 Å². The average molecular weight is 294 g/mol. The lowest BCUT2D eigenvalue weighted by molar-refractivity contribution is -0.145. The molecule has 1 aliphatic carbocycles. The van der Waals surface area contributed by atoms with E-state index in [1.54, 1.807) is 10.9 Å². The zero-order valence-electron chi connectivity index (χ0n) is 12.6. The number of ether oxygens (including phenoxy) is 1. The zero-order valence-corrected chi connectivity index (χ0v) is 12.6. The second kappa shape index (κ2) is 6.28. The molecule has 1 N–H and O–H groups in total. The minimum atomic E-state index is -0.814. The van der Waals surface area contributed by atoms with E-state index in [4.69, 9.17) is 0 Å². The quantitative estimate of drug-likeness (QED) is 0.840. The third kappa shape index (κ3) is 3.09. The number of nitrogens with zero attached hydrogens (tertiary/aromatic N) is 2. The summed E-state index contributed by atoms with van der Waals surface area (Å²) in [6, 6.07) is 0. The van der Waals surface area contributed by atoms with Gasteiger partial charge in [-0.15, -0.1) is 0 Å². The molecule has 0 aliphatic heterocycles. The first kappa shape index (κ1) is 15.5. The fourth-order valence-corrected chi connectivity index (χ4v) is 3.16. The molecule has 1 aromatic rings. The Hall–Kier alpha value is -1.85. The van der Waals surface area contributed by atoms with Crippen LogP contribution >= 0.6 is 0 Å². The standard InChI is InChI=1S/C15H22N2O4/c1-11-12(10-17(16-11)9-6-13(18)21-2)15(14(19)20)7-4-3-5-8-15/h10H,3-9H2,1-2H3,(H,19,20). The molecule has 21 heavy (non-hydrogen) atoms. The maximum atomic E-state index is 11.8. The largest absolute Gasteiger partial charge is 0.481 e. The van der Waals surface area contributed by atoms with Gasteiger partial charge in [-0.05, 0) is 19.8 Å². The van der Waals surface area contributed by atoms with Crippen molar-refractivity contribution in [2.75, 3.05) is 7.11 Å². The summed E-state index contributed by atoms with van der Waals surface area (Å²) >= 11 is 0. The summed E-state index contributed by atoms with van der Waals surface area (Å²) in [5, 5.41) is 14.1. The highest BCUT2D eigenvalue weighted by Gasteiger charge is 2.43. The second-order valence-corrected chi connectivity index (χ2v) is 5.67. The predicted octanol–water partition coefficient (Wildman–Crippen LogP) is 2.04. The summed E-state index contributed by atoms with van der Waals surface area (Å²) in [4.78, 5) is 23.0. The molecule has 2 rings (SSSR count). The maximum Gasteiger partial charge on any atom is 0.314 e. The molecule has 1 heterocycles. The van der Waals surface area contributed by atoms with Crippen LogP contribution in [-0.4, -0.2) is 33.9 Å². The van der Waals surface area contributed by atoms with E-state index in [-0.39, 0.29) is 12.4 Å². The van der Waals surface area contributed by atoms with Crippen LogP contribution in [0.25, 0.3) is 0 Å². The van der Waals surface area contributed by atoms with Gasteiger partial charge in [-0.3, -0.25) is 14.3 Å². The van der Waals surface area contributed by atoms with Gasteiger partial charge in [-0.1, -0.05) is 19.3 Å². The van der Waals surface area contributed by atoms with Gasteiger partial charge in [0.25, 0.3) is 0 Å². The highest BCUT2D eigenvalue weighted by Crippen LogP contribution is 2.40. The lowest BCUT2D eigenvalue weighted by Crippen LogP contribution is -2.38. The molecule has 0 unspecified atom stereocenters. The Balaban J connectivity index is 2.24. The average Bonchev–Trinajstić information content (AvgIpc) is 2.86. The summed E-state index contributed by atoms with van der Waals surface area (Å²) in [6.07, 6.45) is 6.29. The van der Waals surface area contributed by atoms with Crippen molar-refractivity contribution in [3.8, 4) is 0 Å². The molecule has 0 bridgehead atoms. The SMILES string of the molecule is COC(=O)CCn1cc(C2(C(=O)O)CCCCC2)c(C)n1. The van der Waals surface area contributed by atoms with Crippen molar-refractivity contribution in [1.29, 1.82) is 0 Å². The Morgan fingerprint density at radius 3 is 2.62 bits per heavy atom. The van der Waals surface area contributed by atoms with Crippen molar-refractivity contribution in [1.82, 2.24) is 9.78 Å². The Bertz CT molecular complexity index is 530. The van der Waals surface area contributed by atoms with Crippen LogP contribution in [0.15, 0.2) is 6.20 Å². The minimum absolute atomic E-state index is 0.233. The number of hydrogen-bond donors (Lipinski definition) is 1. The molecule has 116 valence electrons. The number of esters is 1. The number of hydrogen-bond acceptors (Lipinski definition) is 4. The number of methoxy groups -OCH3 is 1. The number of carboxylic acid groups (broad SMARTS) is 1. The lowest BCUT2D eigenvalue weighted by Gasteiger charge is -2.32. The van der Waals surface area contributed by atoms with Gasteiger partial charge in [-0.25, -0.2) is 0 Å². The molecule has 6 heteroatoms. The van der Waals surface area contributed by atoms with Gasteiger partial charge < -0.3 is 9.84 Å². The van der Waals surface area contributed by atoms with E-state index < -0.39 is 11.4 Å². The van der Waals surface area contributed by atoms with E-state index in [0.717, 1.165) is 30.5 Å². The van der Waals surface area contributed by atoms with Crippen LogP contribution in [0.2, 0.25) is 0 Å². The van der Waals surface area contributed by atoms with E-state index in [1.165, 1.54) is 7.11 Å². The second-order valence-electron chi connectivity index (χ2n) is 5.67. The molecular formula is C15H22N2O4. The Morgan fingerprint density at radius 1 is 1.38 bits per heavy atom. The molecule has 6 nitrogen and oxygen atoms in total. The van der Waals surface area contributed by atoms with Crippen molar-refractivity contribution in [2.45, 2.75) is 57.4 Å². The molecule has 1 fully saturated rings. The number of carbonyl (C=O) groups is 2. The summed E-state index contributed by atoms with van der Waals surface area (Å²) in [5.74, 6) is -1.06. The summed E-state index contributed by atoms with van der Waals surface area (Å²) in [6.45, 7) is 2.24. The third-order valence-corrected chi connectivity index (χ3v) is 4.35. The lowest BCUT2D eigenvalue weighted by atomic mass is 9.69. The monoisotopic (exact) mass is 294 g/mol. The van der Waals surface area contributed by atoms with Gasteiger partial charge in [-0.2, -0.15) is 5.10 Å². The van der Waals surface area contributed by atoms with Crippen molar-refractivity contribution < 1.29 is 19.4 Å². The number of carboxylic acids is 1. The van der Waals surface area contributed by atoms with Crippen LogP contribution in [-0.2, 0) is 26.3 Å². The molecule has 1 saturated carbocycles. The van der Waals surface area contributed by atoms with E-state index in [0.29, 0.717) is 19.4 Å². The van der Waals surface area contributed by atoms with Gasteiger partial charge in [0, 0.05) is 11.8 Å². The van der Waals surface area contributed by atoms with Gasteiger partial charge in [0.15, 0.2) is 0 Å². The number of aryl methyl sites for hydroxylation is 2. The Morgan fingerprint density at radius 2 is 2.05 bits per heavy atom. The summed E-state index contributed by atoms with van der Waals surface area (Å²) in [5.41, 5.74) is 0.718. The first-order chi connectivity index (χ1) is 9.99. The highest BCUT2D eigenvalue weighted by atomic mass is 16.5. The molecule has 1 aliphatic rings. The van der Waals surface area contributed by atoms with Crippen LogP contribution in [0.3, 0.4) is 0 Å². The molecular weight excluding hydrogens is 272 g/mol. The maximum absolute atomic E-state index is 11.8. The molecule has 0 radical (unpaired) electrons. The van der Waals surface area contributed by atoms with Crippen molar-refractivity contribution in [3.63, 3.8) is 0 Å². The van der Waals surface area contributed by atoms with Crippen LogP contribution in [0.5, 0.6) is 0 Å².